The SMILES string of the molecule is Cn1cc(-c2nc(N3CCOCC3)c3nc(C(=O)N4CCN(CC(=O)O)CC4)[nH]c3n2)cn1. The van der Waals surface area contributed by atoms with Crippen LogP contribution in [0.25, 0.3) is 22.6 Å². The predicted molar refractivity (Wildman–Crippen MR) is 117 cm³/mol. The zero-order chi connectivity index (χ0) is 22.9. The first-order valence-electron chi connectivity index (χ1n) is 10.8. The van der Waals surface area contributed by atoms with Crippen LogP contribution in [0.4, 0.5) is 5.82 Å². The molecule has 0 aromatic carbocycles. The Morgan fingerprint density at radius 1 is 1.09 bits per heavy atom. The lowest BCUT2D eigenvalue weighted by Crippen LogP contribution is -2.50. The molecule has 5 rings (SSSR count). The second kappa shape index (κ2) is 8.75. The van der Waals surface area contributed by atoms with E-state index >= 15 is 0 Å². The van der Waals surface area contributed by atoms with E-state index in [1.165, 1.54) is 0 Å². The van der Waals surface area contributed by atoms with Crippen LogP contribution in [0.2, 0.25) is 0 Å². The molecular weight excluding hydrogens is 430 g/mol. The number of carboxylic acid groups (broad SMARTS) is 1. The largest absolute Gasteiger partial charge is 0.480 e. The molecule has 174 valence electrons. The zero-order valence-corrected chi connectivity index (χ0v) is 18.3. The number of hydrogen-bond acceptors (Lipinski definition) is 9. The zero-order valence-electron chi connectivity index (χ0n) is 18.3. The third-order valence-corrected chi connectivity index (χ3v) is 5.82. The maximum atomic E-state index is 13.1. The molecule has 2 aliphatic heterocycles. The van der Waals surface area contributed by atoms with E-state index in [0.29, 0.717) is 75.3 Å². The molecule has 0 saturated carbocycles. The summed E-state index contributed by atoms with van der Waals surface area (Å²) < 4.78 is 7.16. The van der Waals surface area contributed by atoms with Crippen molar-refractivity contribution >= 4 is 28.9 Å². The van der Waals surface area contributed by atoms with Crippen LogP contribution in [0.3, 0.4) is 0 Å². The van der Waals surface area contributed by atoms with Crippen molar-refractivity contribution in [1.82, 2.24) is 39.5 Å². The molecule has 0 radical (unpaired) electrons. The summed E-state index contributed by atoms with van der Waals surface area (Å²) in [5.74, 6) is 0.249. The van der Waals surface area contributed by atoms with E-state index in [1.54, 1.807) is 15.8 Å². The number of ether oxygens (including phenoxy) is 1. The number of aliphatic carboxylic acids is 1. The molecule has 0 atom stereocenters. The van der Waals surface area contributed by atoms with Crippen molar-refractivity contribution in [3.05, 3.63) is 18.2 Å². The number of aromatic nitrogens is 6. The number of rotatable bonds is 5. The average Bonchev–Trinajstić information content (AvgIpc) is 3.45. The van der Waals surface area contributed by atoms with Crippen LogP contribution in [0.5, 0.6) is 0 Å². The van der Waals surface area contributed by atoms with Crippen LogP contribution in [-0.2, 0) is 16.6 Å². The number of nitrogens with zero attached hydrogens (tertiary/aromatic N) is 8. The second-order valence-corrected chi connectivity index (χ2v) is 8.12. The number of carbonyl (C=O) groups is 2. The standard InChI is InChI=1S/C20H25N9O4/c1-26-11-13(10-21-26)16-23-17-15(19(25-16)28-6-8-33-9-7-28)22-18(24-17)20(32)29-4-2-27(3-5-29)12-14(30)31/h10-11H,2-9,12H2,1H3,(H,30,31)(H,22,23,24,25). The Balaban J connectivity index is 1.46. The van der Waals surface area contributed by atoms with Crippen LogP contribution in [0.15, 0.2) is 12.4 Å². The number of anilines is 1. The topological polar surface area (TPSA) is 146 Å². The third kappa shape index (κ3) is 4.36. The first-order valence-corrected chi connectivity index (χ1v) is 10.8. The van der Waals surface area contributed by atoms with E-state index in [4.69, 9.17) is 14.8 Å². The summed E-state index contributed by atoms with van der Waals surface area (Å²) in [7, 11) is 1.83. The van der Waals surface area contributed by atoms with Gasteiger partial charge in [0.1, 0.15) is 0 Å². The Morgan fingerprint density at radius 3 is 2.52 bits per heavy atom. The van der Waals surface area contributed by atoms with E-state index in [9.17, 15) is 9.59 Å². The molecule has 33 heavy (non-hydrogen) atoms. The van der Waals surface area contributed by atoms with Gasteiger partial charge in [-0.2, -0.15) is 5.10 Å². The molecule has 0 aliphatic carbocycles. The first kappa shape index (κ1) is 21.3. The number of nitrogens with one attached hydrogen (secondary N) is 1. The van der Waals surface area contributed by atoms with Gasteiger partial charge in [-0.1, -0.05) is 0 Å². The summed E-state index contributed by atoms with van der Waals surface area (Å²) in [4.78, 5) is 46.7. The number of aromatic amines is 1. The number of aryl methyl sites for hydroxylation is 1. The van der Waals surface area contributed by atoms with Gasteiger partial charge in [0, 0.05) is 52.5 Å². The number of hydrogen-bond donors (Lipinski definition) is 2. The smallest absolute Gasteiger partial charge is 0.317 e. The Labute approximate surface area is 189 Å². The van der Waals surface area contributed by atoms with Gasteiger partial charge in [-0.25, -0.2) is 15.0 Å². The van der Waals surface area contributed by atoms with E-state index in [0.717, 1.165) is 5.56 Å². The number of piperazine rings is 1. The Kier molecular flexibility index (Phi) is 5.64. The highest BCUT2D eigenvalue weighted by atomic mass is 16.5. The van der Waals surface area contributed by atoms with E-state index in [1.807, 2.05) is 18.1 Å². The molecule has 0 spiro atoms. The maximum Gasteiger partial charge on any atom is 0.317 e. The van der Waals surface area contributed by atoms with Crippen molar-refractivity contribution in [2.75, 3.05) is 63.9 Å². The summed E-state index contributed by atoms with van der Waals surface area (Å²) >= 11 is 0. The van der Waals surface area contributed by atoms with Crippen molar-refractivity contribution in [3.8, 4) is 11.4 Å². The van der Waals surface area contributed by atoms with E-state index in [-0.39, 0.29) is 18.3 Å². The molecule has 0 unspecified atom stereocenters. The van der Waals surface area contributed by atoms with Gasteiger partial charge in [0.25, 0.3) is 5.91 Å². The molecule has 5 heterocycles. The monoisotopic (exact) mass is 455 g/mol. The fraction of sp³-hybridized carbons (Fsp3) is 0.500. The van der Waals surface area contributed by atoms with Gasteiger partial charge < -0.3 is 24.6 Å². The van der Waals surface area contributed by atoms with Crippen molar-refractivity contribution in [1.29, 1.82) is 0 Å². The van der Waals surface area contributed by atoms with Gasteiger partial charge in [0.15, 0.2) is 28.6 Å². The fourth-order valence-electron chi connectivity index (χ4n) is 4.10. The van der Waals surface area contributed by atoms with Crippen LogP contribution in [0, 0.1) is 0 Å². The highest BCUT2D eigenvalue weighted by Crippen LogP contribution is 2.27. The molecule has 0 bridgehead atoms. The summed E-state index contributed by atoms with van der Waals surface area (Å²) in [6.07, 6.45) is 3.53. The van der Waals surface area contributed by atoms with Crippen LogP contribution in [-0.4, -0.2) is 116 Å². The van der Waals surface area contributed by atoms with Gasteiger partial charge in [0.05, 0.1) is 31.5 Å². The summed E-state index contributed by atoms with van der Waals surface area (Å²) in [5.41, 5.74) is 1.79. The van der Waals surface area contributed by atoms with Crippen molar-refractivity contribution < 1.29 is 19.4 Å². The number of H-pyrrole nitrogens is 1. The molecule has 3 aromatic heterocycles. The van der Waals surface area contributed by atoms with Crippen molar-refractivity contribution in [2.45, 2.75) is 0 Å². The molecule has 13 heteroatoms. The van der Waals surface area contributed by atoms with Gasteiger partial charge in [-0.15, -0.1) is 0 Å². The molecule has 2 aliphatic rings. The summed E-state index contributed by atoms with van der Waals surface area (Å²) in [6.45, 7) is 4.36. The lowest BCUT2D eigenvalue weighted by Gasteiger charge is -2.33. The Morgan fingerprint density at radius 2 is 1.85 bits per heavy atom. The maximum absolute atomic E-state index is 13.1. The van der Waals surface area contributed by atoms with Crippen molar-refractivity contribution in [2.24, 2.45) is 7.05 Å². The fourth-order valence-corrected chi connectivity index (χ4v) is 4.10. The predicted octanol–water partition coefficient (Wildman–Crippen LogP) is -0.568. The summed E-state index contributed by atoms with van der Waals surface area (Å²) in [6, 6.07) is 0. The van der Waals surface area contributed by atoms with Gasteiger partial charge in [-0.3, -0.25) is 19.2 Å². The molecule has 3 aromatic rings. The third-order valence-electron chi connectivity index (χ3n) is 5.82. The number of imidazole rings is 1. The minimum atomic E-state index is -0.870. The minimum absolute atomic E-state index is 0.0255. The Bertz CT molecular complexity index is 1180. The van der Waals surface area contributed by atoms with Crippen LogP contribution >= 0.6 is 0 Å². The normalized spacial score (nSPS) is 17.6. The second-order valence-electron chi connectivity index (χ2n) is 8.12. The molecule has 2 N–H and O–H groups in total. The molecular formula is C20H25N9O4. The van der Waals surface area contributed by atoms with Crippen molar-refractivity contribution in [3.63, 3.8) is 0 Å². The molecule has 2 fully saturated rings. The van der Waals surface area contributed by atoms with Gasteiger partial charge >= 0.3 is 5.97 Å². The van der Waals surface area contributed by atoms with Crippen LogP contribution in [0.1, 0.15) is 10.6 Å². The number of morpholine rings is 1. The minimum Gasteiger partial charge on any atom is -0.480 e. The first-order chi connectivity index (χ1) is 16.0. The highest BCUT2D eigenvalue weighted by Gasteiger charge is 2.27. The molecule has 13 nitrogen and oxygen atoms in total. The molecule has 1 amide bonds. The Hall–Kier alpha value is -3.58. The van der Waals surface area contributed by atoms with E-state index in [2.05, 4.69) is 25.0 Å². The van der Waals surface area contributed by atoms with Gasteiger partial charge in [-0.05, 0) is 0 Å². The van der Waals surface area contributed by atoms with Gasteiger partial charge in [0.2, 0.25) is 0 Å². The average molecular weight is 455 g/mol. The number of carbonyl (C=O) groups excluding carboxylic acids is 1. The number of amides is 1. The summed E-state index contributed by atoms with van der Waals surface area (Å²) in [5, 5.41) is 13.2. The highest BCUT2D eigenvalue weighted by molar-refractivity contribution is 5.96. The number of carboxylic acids is 1. The quantitative estimate of drug-likeness (QED) is 0.513. The lowest BCUT2D eigenvalue weighted by molar-refractivity contribution is -0.138. The molecule has 2 saturated heterocycles. The lowest BCUT2D eigenvalue weighted by atomic mass is 10.3. The van der Waals surface area contributed by atoms with Crippen LogP contribution < -0.4 is 4.90 Å². The number of fused-ring (bicyclic) bond motifs is 1. The van der Waals surface area contributed by atoms with E-state index < -0.39 is 5.97 Å².